The van der Waals surface area contributed by atoms with E-state index in [1.165, 1.54) is 0 Å². The molecule has 9 heteroatoms. The Hall–Kier alpha value is -8.66. The van der Waals surface area contributed by atoms with Crippen molar-refractivity contribution in [1.82, 2.24) is 34.5 Å². The highest BCUT2D eigenvalue weighted by molar-refractivity contribution is 6.11. The lowest BCUT2D eigenvalue weighted by atomic mass is 10.0. The summed E-state index contributed by atoms with van der Waals surface area (Å²) in [7, 11) is 0. The zero-order valence-corrected chi connectivity index (χ0v) is 31.3. The molecule has 0 aliphatic carbocycles. The van der Waals surface area contributed by atoms with Crippen molar-refractivity contribution in [3.8, 4) is 79.6 Å². The van der Waals surface area contributed by atoms with Gasteiger partial charge in [0.1, 0.15) is 0 Å². The van der Waals surface area contributed by atoms with E-state index in [1.54, 1.807) is 36.9 Å². The fraction of sp³-hybridized carbons (Fsp3) is 0. The highest BCUT2D eigenvalue weighted by atomic mass is 15.0. The van der Waals surface area contributed by atoms with Gasteiger partial charge in [-0.1, -0.05) is 60.7 Å². The fourth-order valence-corrected chi connectivity index (χ4v) is 7.43. The van der Waals surface area contributed by atoms with Gasteiger partial charge in [0.25, 0.3) is 0 Å². The molecule has 0 atom stereocenters. The molecule has 274 valence electrons. The van der Waals surface area contributed by atoms with E-state index in [2.05, 4.69) is 74.0 Å². The standard InChI is InChI=1S/C50H29N9/c1-52-39-10-6-9-38(26-39)50-56-44(34-19-23-54-24-20-34)30-46(58-50)36-14-16-48-42(28-36)41-27-35(13-15-47(41)59(48)40-11-3-2-4-12-40)45-29-43(33-17-21-53-22-18-33)55-49(57-45)37-8-5-7-32(25-37)31-51/h2-30H. The Bertz CT molecular complexity index is 3090. The number of benzene rings is 5. The summed E-state index contributed by atoms with van der Waals surface area (Å²) in [6.07, 6.45) is 7.01. The van der Waals surface area contributed by atoms with Gasteiger partial charge < -0.3 is 4.57 Å². The number of nitriles is 1. The largest absolute Gasteiger partial charge is 0.309 e. The lowest BCUT2D eigenvalue weighted by Gasteiger charge is -2.11. The van der Waals surface area contributed by atoms with E-state index >= 15 is 0 Å². The van der Waals surface area contributed by atoms with Crippen LogP contribution >= 0.6 is 0 Å². The molecule has 0 aliphatic heterocycles. The van der Waals surface area contributed by atoms with Crippen molar-refractivity contribution in [2.45, 2.75) is 0 Å². The average molecular weight is 756 g/mol. The fourth-order valence-electron chi connectivity index (χ4n) is 7.43. The summed E-state index contributed by atoms with van der Waals surface area (Å²) >= 11 is 0. The second-order valence-electron chi connectivity index (χ2n) is 13.9. The van der Waals surface area contributed by atoms with Crippen LogP contribution in [0.2, 0.25) is 0 Å². The van der Waals surface area contributed by atoms with Gasteiger partial charge in [-0.05, 0) is 91.0 Å². The minimum Gasteiger partial charge on any atom is -0.309 e. The molecule has 0 saturated heterocycles. The topological polar surface area (TPSA) is 110 Å². The molecule has 0 N–H and O–H groups in total. The van der Waals surface area contributed by atoms with Crippen molar-refractivity contribution < 1.29 is 0 Å². The van der Waals surface area contributed by atoms with Gasteiger partial charge in [0, 0.05) is 74.6 Å². The quantitative estimate of drug-likeness (QED) is 0.149. The van der Waals surface area contributed by atoms with Gasteiger partial charge in [-0.15, -0.1) is 0 Å². The molecule has 10 aromatic rings. The third kappa shape index (κ3) is 6.61. The van der Waals surface area contributed by atoms with Gasteiger partial charge in [0.15, 0.2) is 17.3 Å². The first-order valence-corrected chi connectivity index (χ1v) is 18.8. The molecule has 0 aliphatic rings. The number of nitrogens with zero attached hydrogens (tertiary/aromatic N) is 9. The first-order valence-electron chi connectivity index (χ1n) is 18.8. The lowest BCUT2D eigenvalue weighted by Crippen LogP contribution is -1.97. The van der Waals surface area contributed by atoms with E-state index in [4.69, 9.17) is 26.5 Å². The van der Waals surface area contributed by atoms with E-state index in [1.807, 2.05) is 91.0 Å². The Morgan fingerprint density at radius 1 is 0.458 bits per heavy atom. The molecule has 9 nitrogen and oxygen atoms in total. The third-order valence-electron chi connectivity index (χ3n) is 10.3. The number of pyridine rings is 2. The zero-order chi connectivity index (χ0) is 39.7. The Morgan fingerprint density at radius 3 is 1.49 bits per heavy atom. The second-order valence-corrected chi connectivity index (χ2v) is 13.9. The van der Waals surface area contributed by atoms with Crippen LogP contribution in [0, 0.1) is 17.9 Å². The smallest absolute Gasteiger partial charge is 0.187 e. The molecule has 0 unspecified atom stereocenters. The first kappa shape index (κ1) is 34.8. The van der Waals surface area contributed by atoms with Gasteiger partial charge in [-0.2, -0.15) is 5.26 Å². The molecule has 0 bridgehead atoms. The molecule has 0 radical (unpaired) electrons. The van der Waals surface area contributed by atoms with Crippen molar-refractivity contribution >= 4 is 27.5 Å². The van der Waals surface area contributed by atoms with Crippen LogP contribution in [0.1, 0.15) is 5.56 Å². The van der Waals surface area contributed by atoms with Crippen LogP contribution < -0.4 is 0 Å². The summed E-state index contributed by atoms with van der Waals surface area (Å²) in [4.78, 5) is 32.2. The monoisotopic (exact) mass is 755 g/mol. The van der Waals surface area contributed by atoms with Crippen LogP contribution in [-0.2, 0) is 0 Å². The second kappa shape index (κ2) is 14.8. The van der Waals surface area contributed by atoms with E-state index in [0.717, 1.165) is 83.6 Å². The molecule has 10 rings (SSSR count). The van der Waals surface area contributed by atoms with Crippen LogP contribution in [0.3, 0.4) is 0 Å². The zero-order valence-electron chi connectivity index (χ0n) is 31.3. The molecule has 0 fully saturated rings. The van der Waals surface area contributed by atoms with E-state index < -0.39 is 0 Å². The summed E-state index contributed by atoms with van der Waals surface area (Å²) in [6.45, 7) is 7.60. The SMILES string of the molecule is [C-]#[N+]c1cccc(-c2nc(-c3ccncc3)cc(-c3ccc4c(c3)c3cc(-c5cc(-c6ccncc6)nc(-c6cccc(C#N)c6)n5)ccc3n4-c3ccccc3)n2)c1. The summed E-state index contributed by atoms with van der Waals surface area (Å²) in [5.41, 5.74) is 12.3. The van der Waals surface area contributed by atoms with Crippen molar-refractivity contribution in [2.75, 3.05) is 0 Å². The highest BCUT2D eigenvalue weighted by Crippen LogP contribution is 2.38. The maximum atomic E-state index is 9.67. The Morgan fingerprint density at radius 2 is 0.966 bits per heavy atom. The van der Waals surface area contributed by atoms with Crippen molar-refractivity contribution in [1.29, 1.82) is 5.26 Å². The number of aromatic nitrogens is 7. The normalized spacial score (nSPS) is 11.0. The predicted octanol–water partition coefficient (Wildman–Crippen LogP) is 11.6. The number of para-hydroxylation sites is 1. The van der Waals surface area contributed by atoms with Gasteiger partial charge in [-0.25, -0.2) is 24.8 Å². The number of hydrogen-bond donors (Lipinski definition) is 0. The van der Waals surface area contributed by atoms with Crippen LogP contribution in [0.25, 0.3) is 100 Å². The van der Waals surface area contributed by atoms with Crippen molar-refractivity contribution in [3.63, 3.8) is 0 Å². The van der Waals surface area contributed by atoms with E-state index in [9.17, 15) is 5.26 Å². The Labute approximate surface area is 339 Å². The van der Waals surface area contributed by atoms with E-state index in [0.29, 0.717) is 22.9 Å². The summed E-state index contributed by atoms with van der Waals surface area (Å²) in [5, 5.41) is 11.7. The average Bonchev–Trinajstić information content (AvgIpc) is 3.65. The molecule has 5 aromatic heterocycles. The van der Waals surface area contributed by atoms with Crippen LogP contribution in [-0.4, -0.2) is 34.5 Å². The molecular weight excluding hydrogens is 727 g/mol. The molecule has 0 spiro atoms. The lowest BCUT2D eigenvalue weighted by molar-refractivity contribution is 1.17. The number of fused-ring (bicyclic) bond motifs is 3. The molecule has 59 heavy (non-hydrogen) atoms. The molecular formula is C50H29N9. The van der Waals surface area contributed by atoms with E-state index in [-0.39, 0.29) is 0 Å². The molecule has 0 amide bonds. The number of rotatable bonds is 7. The van der Waals surface area contributed by atoms with Crippen molar-refractivity contribution in [3.05, 3.63) is 193 Å². The van der Waals surface area contributed by atoms with Crippen LogP contribution in [0.15, 0.2) is 176 Å². The maximum absolute atomic E-state index is 9.67. The maximum Gasteiger partial charge on any atom is 0.187 e. The summed E-state index contributed by atoms with van der Waals surface area (Å²) in [6, 6.07) is 52.0. The van der Waals surface area contributed by atoms with Crippen molar-refractivity contribution in [2.24, 2.45) is 0 Å². The molecule has 0 saturated carbocycles. The molecule has 5 heterocycles. The van der Waals surface area contributed by atoms with Gasteiger partial charge in [0.05, 0.1) is 52.0 Å². The first-order chi connectivity index (χ1) is 29.1. The van der Waals surface area contributed by atoms with Crippen LogP contribution in [0.4, 0.5) is 5.69 Å². The minimum absolute atomic E-state index is 0.520. The Balaban J connectivity index is 1.19. The van der Waals surface area contributed by atoms with Crippen LogP contribution in [0.5, 0.6) is 0 Å². The summed E-state index contributed by atoms with van der Waals surface area (Å²) in [5.74, 6) is 1.05. The van der Waals surface area contributed by atoms with Gasteiger partial charge in [-0.3, -0.25) is 9.97 Å². The number of hydrogen-bond acceptors (Lipinski definition) is 7. The molecule has 5 aromatic carbocycles. The third-order valence-corrected chi connectivity index (χ3v) is 10.3. The predicted molar refractivity (Wildman–Crippen MR) is 231 cm³/mol. The minimum atomic E-state index is 0.520. The summed E-state index contributed by atoms with van der Waals surface area (Å²) < 4.78 is 2.28. The van der Waals surface area contributed by atoms with Gasteiger partial charge >= 0.3 is 0 Å². The van der Waals surface area contributed by atoms with Gasteiger partial charge in [0.2, 0.25) is 0 Å². The highest BCUT2D eigenvalue weighted by Gasteiger charge is 2.18. The Kier molecular flexibility index (Phi) is 8.71.